The van der Waals surface area contributed by atoms with E-state index in [0.29, 0.717) is 43.9 Å². The number of aliphatic hydroxyl groups excluding tert-OH is 1. The number of fused-ring (bicyclic) bond motifs is 3. The van der Waals surface area contributed by atoms with Crippen molar-refractivity contribution in [2.24, 2.45) is 0 Å². The molecule has 3 amide bonds. The third-order valence-corrected chi connectivity index (χ3v) is 5.77. The van der Waals surface area contributed by atoms with Crippen LogP contribution in [0.1, 0.15) is 27.9 Å². The van der Waals surface area contributed by atoms with Crippen molar-refractivity contribution >= 4 is 28.7 Å². The molecule has 2 aliphatic heterocycles. The summed E-state index contributed by atoms with van der Waals surface area (Å²) < 4.78 is 0. The fourth-order valence-corrected chi connectivity index (χ4v) is 4.17. The topological polar surface area (TPSA) is 114 Å². The fourth-order valence-electron chi connectivity index (χ4n) is 4.17. The Morgan fingerprint density at radius 2 is 2.10 bits per heavy atom. The molecule has 2 aliphatic rings. The number of amides is 3. The smallest absolute Gasteiger partial charge is 0.322 e. The third kappa shape index (κ3) is 3.37. The average molecular weight is 406 g/mol. The van der Waals surface area contributed by atoms with E-state index in [2.05, 4.69) is 20.5 Å². The molecule has 0 radical (unpaired) electrons. The van der Waals surface area contributed by atoms with E-state index in [0.717, 1.165) is 23.0 Å². The molecule has 30 heavy (non-hydrogen) atoms. The van der Waals surface area contributed by atoms with Gasteiger partial charge in [-0.15, -0.1) is 0 Å². The first-order valence-electron chi connectivity index (χ1n) is 10.0. The third-order valence-electron chi connectivity index (χ3n) is 5.77. The maximum absolute atomic E-state index is 12.8. The Morgan fingerprint density at radius 1 is 1.20 bits per heavy atom. The van der Waals surface area contributed by atoms with Crippen LogP contribution in [0.2, 0.25) is 0 Å². The molecule has 1 unspecified atom stereocenters. The first-order valence-corrected chi connectivity index (χ1v) is 10.0. The molecule has 2 aromatic heterocycles. The van der Waals surface area contributed by atoms with Gasteiger partial charge in [0.25, 0.3) is 5.91 Å². The summed E-state index contributed by atoms with van der Waals surface area (Å²) in [5.74, 6) is -0.134. The second-order valence-electron chi connectivity index (χ2n) is 7.77. The number of hydrogen-bond donors (Lipinski definition) is 3. The Labute approximate surface area is 172 Å². The van der Waals surface area contributed by atoms with Crippen LogP contribution in [0.25, 0.3) is 11.0 Å². The van der Waals surface area contributed by atoms with E-state index in [1.807, 2.05) is 0 Å². The highest BCUT2D eigenvalue weighted by atomic mass is 16.3. The van der Waals surface area contributed by atoms with Gasteiger partial charge >= 0.3 is 6.03 Å². The van der Waals surface area contributed by atoms with E-state index >= 15 is 0 Å². The molecular formula is C21H22N6O3. The van der Waals surface area contributed by atoms with Crippen molar-refractivity contribution in [1.29, 1.82) is 0 Å². The number of β-amino-alcohol motifs (C(OH)–C–C–N with tert-alkyl or cyclic N) is 1. The van der Waals surface area contributed by atoms with Gasteiger partial charge < -0.3 is 20.2 Å². The molecule has 9 nitrogen and oxygen atoms in total. The van der Waals surface area contributed by atoms with E-state index in [9.17, 15) is 14.7 Å². The van der Waals surface area contributed by atoms with E-state index in [-0.39, 0.29) is 11.9 Å². The number of carbonyl (C=O) groups excluding carboxylic acids is 2. The number of nitrogens with zero attached hydrogens (tertiary/aromatic N) is 4. The Morgan fingerprint density at radius 3 is 2.93 bits per heavy atom. The van der Waals surface area contributed by atoms with Gasteiger partial charge in [-0.05, 0) is 42.2 Å². The molecule has 1 fully saturated rings. The van der Waals surface area contributed by atoms with Crippen LogP contribution in [0.3, 0.4) is 0 Å². The Kier molecular flexibility index (Phi) is 4.59. The molecule has 9 heteroatoms. The average Bonchev–Trinajstić information content (AvgIpc) is 3.42. The Bertz CT molecular complexity index is 1130. The lowest BCUT2D eigenvalue weighted by Crippen LogP contribution is -2.39. The number of aliphatic hydroxyl groups is 1. The number of nitrogens with one attached hydrogen (secondary N) is 2. The lowest BCUT2D eigenvalue weighted by molar-refractivity contribution is 0.0765. The van der Waals surface area contributed by atoms with Gasteiger partial charge in [-0.3, -0.25) is 9.89 Å². The van der Waals surface area contributed by atoms with Gasteiger partial charge in [0.2, 0.25) is 0 Å². The van der Waals surface area contributed by atoms with Gasteiger partial charge in [0, 0.05) is 49.0 Å². The summed E-state index contributed by atoms with van der Waals surface area (Å²) in [6.07, 6.45) is 4.43. The van der Waals surface area contributed by atoms with Gasteiger partial charge in [-0.2, -0.15) is 5.10 Å². The number of aromatic amines is 1. The summed E-state index contributed by atoms with van der Waals surface area (Å²) in [6.45, 7) is 1.95. The minimum absolute atomic E-state index is 0.134. The molecule has 0 bridgehead atoms. The molecule has 1 saturated heterocycles. The predicted molar refractivity (Wildman–Crippen MR) is 110 cm³/mol. The van der Waals surface area contributed by atoms with Crippen molar-refractivity contribution in [3.05, 3.63) is 53.3 Å². The first-order chi connectivity index (χ1) is 14.6. The van der Waals surface area contributed by atoms with Gasteiger partial charge in [-0.25, -0.2) is 9.78 Å². The number of rotatable bonds is 2. The minimum atomic E-state index is -0.461. The standard InChI is InChI=1S/C21H22N6O3/c28-16-4-6-26(12-16)20(29)13-2-1-3-15(8-13)24-21(30)27-7-5-17-14(11-27)9-22-19-18(17)10-23-25-19/h1-3,8-10,16,28H,4-7,11-12H2,(H,24,30)(H,22,23,25). The lowest BCUT2D eigenvalue weighted by Gasteiger charge is -2.29. The summed E-state index contributed by atoms with van der Waals surface area (Å²) in [7, 11) is 0. The van der Waals surface area contributed by atoms with Crippen molar-refractivity contribution < 1.29 is 14.7 Å². The predicted octanol–water partition coefficient (Wildman–Crippen LogP) is 1.75. The first kappa shape index (κ1) is 18.6. The zero-order valence-corrected chi connectivity index (χ0v) is 16.3. The summed E-state index contributed by atoms with van der Waals surface area (Å²) in [5, 5.41) is 20.5. The normalized spacial score (nSPS) is 18.5. The second-order valence-corrected chi connectivity index (χ2v) is 7.77. The molecule has 5 rings (SSSR count). The number of benzene rings is 1. The number of carbonyl (C=O) groups is 2. The summed E-state index contributed by atoms with van der Waals surface area (Å²) in [4.78, 5) is 33.2. The molecule has 3 N–H and O–H groups in total. The molecule has 4 heterocycles. The zero-order chi connectivity index (χ0) is 20.7. The number of urea groups is 1. The minimum Gasteiger partial charge on any atom is -0.391 e. The van der Waals surface area contributed by atoms with Crippen LogP contribution in [0.5, 0.6) is 0 Å². The van der Waals surface area contributed by atoms with Crippen molar-refractivity contribution in [2.45, 2.75) is 25.5 Å². The van der Waals surface area contributed by atoms with Gasteiger partial charge in [0.05, 0.1) is 12.3 Å². The highest BCUT2D eigenvalue weighted by Gasteiger charge is 2.26. The molecule has 0 aliphatic carbocycles. The largest absolute Gasteiger partial charge is 0.391 e. The Balaban J connectivity index is 1.28. The summed E-state index contributed by atoms with van der Waals surface area (Å²) >= 11 is 0. The number of likely N-dealkylation sites (tertiary alicyclic amines) is 1. The van der Waals surface area contributed by atoms with Crippen LogP contribution in [0.15, 0.2) is 36.7 Å². The number of hydrogen-bond acceptors (Lipinski definition) is 5. The van der Waals surface area contributed by atoms with Gasteiger partial charge in [-0.1, -0.05) is 6.07 Å². The number of aromatic nitrogens is 3. The van der Waals surface area contributed by atoms with Crippen LogP contribution in [-0.2, 0) is 13.0 Å². The Hall–Kier alpha value is -3.46. The summed E-state index contributed by atoms with van der Waals surface area (Å²) in [6, 6.07) is 6.71. The maximum Gasteiger partial charge on any atom is 0.322 e. The van der Waals surface area contributed by atoms with Crippen molar-refractivity contribution in [2.75, 3.05) is 25.0 Å². The highest BCUT2D eigenvalue weighted by molar-refractivity contribution is 5.97. The van der Waals surface area contributed by atoms with Crippen LogP contribution in [-0.4, -0.2) is 67.8 Å². The molecule has 154 valence electrons. The van der Waals surface area contributed by atoms with E-state index in [1.165, 1.54) is 5.56 Å². The number of H-pyrrole nitrogens is 1. The van der Waals surface area contributed by atoms with E-state index in [4.69, 9.17) is 0 Å². The van der Waals surface area contributed by atoms with Crippen molar-refractivity contribution in [3.63, 3.8) is 0 Å². The maximum atomic E-state index is 12.8. The second kappa shape index (κ2) is 7.42. The molecule has 0 spiro atoms. The quantitative estimate of drug-likeness (QED) is 0.600. The van der Waals surface area contributed by atoms with Crippen molar-refractivity contribution in [1.82, 2.24) is 25.0 Å². The molecule has 3 aromatic rings. The number of anilines is 1. The molecule has 1 atom stereocenters. The van der Waals surface area contributed by atoms with Crippen LogP contribution < -0.4 is 5.32 Å². The van der Waals surface area contributed by atoms with Gasteiger partial charge in [0.15, 0.2) is 5.65 Å². The van der Waals surface area contributed by atoms with Crippen LogP contribution in [0, 0.1) is 0 Å². The summed E-state index contributed by atoms with van der Waals surface area (Å²) in [5.41, 5.74) is 4.02. The highest BCUT2D eigenvalue weighted by Crippen LogP contribution is 2.25. The molecule has 1 aromatic carbocycles. The van der Waals surface area contributed by atoms with Gasteiger partial charge in [0.1, 0.15) is 0 Å². The fraction of sp³-hybridized carbons (Fsp3) is 0.333. The number of pyridine rings is 1. The molecule has 0 saturated carbocycles. The SMILES string of the molecule is O=C(Nc1cccc(C(=O)N2CCC(O)C2)c1)N1CCc2c(cnc3[nH]ncc23)C1. The van der Waals surface area contributed by atoms with E-state index in [1.54, 1.807) is 46.5 Å². The lowest BCUT2D eigenvalue weighted by atomic mass is 9.99. The van der Waals surface area contributed by atoms with Crippen LogP contribution >= 0.6 is 0 Å². The molecular weight excluding hydrogens is 384 g/mol. The van der Waals surface area contributed by atoms with E-state index < -0.39 is 6.10 Å². The zero-order valence-electron chi connectivity index (χ0n) is 16.3. The monoisotopic (exact) mass is 406 g/mol. The van der Waals surface area contributed by atoms with Crippen molar-refractivity contribution in [3.8, 4) is 0 Å². The van der Waals surface area contributed by atoms with Crippen LogP contribution in [0.4, 0.5) is 10.5 Å².